The zero-order chi connectivity index (χ0) is 9.68. The molecule has 0 aliphatic rings. The highest BCUT2D eigenvalue weighted by Crippen LogP contribution is 1.91. The molecule has 0 fully saturated rings. The van der Waals surface area contributed by atoms with Gasteiger partial charge in [0.15, 0.2) is 0 Å². The number of nitrogens with zero attached hydrogens (tertiary/aromatic N) is 3. The van der Waals surface area contributed by atoms with E-state index in [1.807, 2.05) is 11.6 Å². The summed E-state index contributed by atoms with van der Waals surface area (Å²) < 4.78 is 1.89. The molecule has 1 rings (SSSR count). The molecule has 5 nitrogen and oxygen atoms in total. The van der Waals surface area contributed by atoms with E-state index in [1.54, 1.807) is 13.3 Å². The van der Waals surface area contributed by atoms with Crippen molar-refractivity contribution >= 4 is 0 Å². The highest BCUT2D eigenvalue weighted by atomic mass is 16.3. The fourth-order valence-corrected chi connectivity index (χ4v) is 1.04. The second-order valence-corrected chi connectivity index (χ2v) is 3.16. The Bertz CT molecular complexity index is 246. The molecule has 0 radical (unpaired) electrons. The second-order valence-electron chi connectivity index (χ2n) is 3.16. The Morgan fingerprint density at radius 2 is 2.46 bits per heavy atom. The van der Waals surface area contributed by atoms with Gasteiger partial charge in [0.1, 0.15) is 12.2 Å². The van der Waals surface area contributed by atoms with Crippen molar-refractivity contribution in [3.8, 4) is 0 Å². The third-order valence-corrected chi connectivity index (χ3v) is 1.77. The number of aliphatic hydroxyl groups excluding tert-OH is 1. The molecule has 0 aromatic carbocycles. The van der Waals surface area contributed by atoms with Crippen molar-refractivity contribution in [2.75, 3.05) is 13.1 Å². The normalized spacial score (nSPS) is 13.2. The molecule has 1 atom stereocenters. The van der Waals surface area contributed by atoms with E-state index in [0.717, 1.165) is 18.8 Å². The summed E-state index contributed by atoms with van der Waals surface area (Å²) in [6.07, 6.45) is 2.23. The maximum absolute atomic E-state index is 8.97. The number of aliphatic hydroxyl groups is 1. The van der Waals surface area contributed by atoms with Gasteiger partial charge in [-0.05, 0) is 6.92 Å². The number of hydrogen-bond donors (Lipinski definition) is 2. The first-order valence-electron chi connectivity index (χ1n) is 4.42. The molecule has 13 heavy (non-hydrogen) atoms. The molecule has 74 valence electrons. The van der Waals surface area contributed by atoms with E-state index in [9.17, 15) is 0 Å². The maximum Gasteiger partial charge on any atom is 0.133 e. The van der Waals surface area contributed by atoms with Crippen LogP contribution in [-0.4, -0.2) is 39.1 Å². The Kier molecular flexibility index (Phi) is 3.85. The summed E-state index contributed by atoms with van der Waals surface area (Å²) in [5.41, 5.74) is 0. The molecule has 0 bridgehead atoms. The summed E-state index contributed by atoms with van der Waals surface area (Å²) in [4.78, 5) is 0. The Morgan fingerprint density at radius 3 is 3.00 bits per heavy atom. The Morgan fingerprint density at radius 1 is 1.69 bits per heavy atom. The third-order valence-electron chi connectivity index (χ3n) is 1.77. The van der Waals surface area contributed by atoms with E-state index < -0.39 is 0 Å². The van der Waals surface area contributed by atoms with Crippen LogP contribution in [0.4, 0.5) is 0 Å². The Labute approximate surface area is 77.8 Å². The van der Waals surface area contributed by atoms with E-state index >= 15 is 0 Å². The van der Waals surface area contributed by atoms with Crippen LogP contribution in [0.2, 0.25) is 0 Å². The van der Waals surface area contributed by atoms with E-state index in [1.165, 1.54) is 0 Å². The average Bonchev–Trinajstić information content (AvgIpc) is 2.45. The number of aromatic nitrogens is 3. The summed E-state index contributed by atoms with van der Waals surface area (Å²) in [6, 6.07) is 0. The lowest BCUT2D eigenvalue weighted by Gasteiger charge is -2.05. The zero-order valence-electron chi connectivity index (χ0n) is 8.06. The molecule has 1 heterocycles. The quantitative estimate of drug-likeness (QED) is 0.596. The van der Waals surface area contributed by atoms with Crippen LogP contribution in [0.15, 0.2) is 6.33 Å². The summed E-state index contributed by atoms with van der Waals surface area (Å²) in [7, 11) is 1.92. The van der Waals surface area contributed by atoms with Crippen molar-refractivity contribution in [2.24, 2.45) is 7.05 Å². The molecular weight excluding hydrogens is 168 g/mol. The molecule has 1 aromatic rings. The molecule has 0 saturated carbocycles. The zero-order valence-corrected chi connectivity index (χ0v) is 8.06. The van der Waals surface area contributed by atoms with Gasteiger partial charge < -0.3 is 15.0 Å². The van der Waals surface area contributed by atoms with Crippen molar-refractivity contribution in [1.29, 1.82) is 0 Å². The van der Waals surface area contributed by atoms with Crippen LogP contribution >= 0.6 is 0 Å². The van der Waals surface area contributed by atoms with Crippen LogP contribution in [0.25, 0.3) is 0 Å². The van der Waals surface area contributed by atoms with E-state index in [-0.39, 0.29) is 6.10 Å². The number of rotatable bonds is 5. The number of aryl methyl sites for hydroxylation is 1. The highest BCUT2D eigenvalue weighted by molar-refractivity contribution is 4.84. The summed E-state index contributed by atoms with van der Waals surface area (Å²) in [5.74, 6) is 0.957. The van der Waals surface area contributed by atoms with Crippen LogP contribution in [0.1, 0.15) is 12.7 Å². The minimum absolute atomic E-state index is 0.292. The first-order valence-corrected chi connectivity index (χ1v) is 4.42. The van der Waals surface area contributed by atoms with Gasteiger partial charge in [-0.15, -0.1) is 10.2 Å². The summed E-state index contributed by atoms with van der Waals surface area (Å²) in [5, 5.41) is 19.8. The van der Waals surface area contributed by atoms with Crippen molar-refractivity contribution < 1.29 is 5.11 Å². The Hall–Kier alpha value is -0.940. The SMILES string of the molecule is C[C@@H](O)CNCCc1nncn1C. The largest absolute Gasteiger partial charge is 0.392 e. The lowest BCUT2D eigenvalue weighted by molar-refractivity contribution is 0.191. The van der Waals surface area contributed by atoms with E-state index in [2.05, 4.69) is 15.5 Å². The van der Waals surface area contributed by atoms with E-state index in [4.69, 9.17) is 5.11 Å². The smallest absolute Gasteiger partial charge is 0.133 e. The predicted octanol–water partition coefficient (Wildman–Crippen LogP) is -0.672. The van der Waals surface area contributed by atoms with Gasteiger partial charge in [0.05, 0.1) is 6.10 Å². The van der Waals surface area contributed by atoms with Gasteiger partial charge in [-0.25, -0.2) is 0 Å². The van der Waals surface area contributed by atoms with Crippen molar-refractivity contribution in [3.05, 3.63) is 12.2 Å². The first-order chi connectivity index (χ1) is 6.20. The van der Waals surface area contributed by atoms with Crippen LogP contribution in [-0.2, 0) is 13.5 Å². The first kappa shape index (κ1) is 10.1. The van der Waals surface area contributed by atoms with Crippen LogP contribution in [0.3, 0.4) is 0 Å². The average molecular weight is 184 g/mol. The van der Waals surface area contributed by atoms with Gasteiger partial charge in [0.25, 0.3) is 0 Å². The van der Waals surface area contributed by atoms with Gasteiger partial charge in [-0.2, -0.15) is 0 Å². The predicted molar refractivity (Wildman–Crippen MR) is 49.3 cm³/mol. The minimum Gasteiger partial charge on any atom is -0.392 e. The molecule has 2 N–H and O–H groups in total. The minimum atomic E-state index is -0.292. The van der Waals surface area contributed by atoms with Crippen LogP contribution < -0.4 is 5.32 Å². The number of hydrogen-bond acceptors (Lipinski definition) is 4. The van der Waals surface area contributed by atoms with Crippen LogP contribution in [0, 0.1) is 0 Å². The highest BCUT2D eigenvalue weighted by Gasteiger charge is 1.99. The maximum atomic E-state index is 8.97. The molecule has 0 aliphatic carbocycles. The lowest BCUT2D eigenvalue weighted by atomic mass is 10.3. The number of nitrogens with one attached hydrogen (secondary N) is 1. The second kappa shape index (κ2) is 4.94. The molecule has 5 heteroatoms. The van der Waals surface area contributed by atoms with Crippen LogP contribution in [0.5, 0.6) is 0 Å². The van der Waals surface area contributed by atoms with Gasteiger partial charge in [0.2, 0.25) is 0 Å². The van der Waals surface area contributed by atoms with Crippen molar-refractivity contribution in [1.82, 2.24) is 20.1 Å². The van der Waals surface area contributed by atoms with Crippen molar-refractivity contribution in [3.63, 3.8) is 0 Å². The molecule has 0 spiro atoms. The fraction of sp³-hybridized carbons (Fsp3) is 0.750. The molecule has 0 saturated heterocycles. The molecule has 0 unspecified atom stereocenters. The van der Waals surface area contributed by atoms with Gasteiger partial charge in [0, 0.05) is 26.6 Å². The monoisotopic (exact) mass is 184 g/mol. The topological polar surface area (TPSA) is 63.0 Å². The molecule has 1 aromatic heterocycles. The van der Waals surface area contributed by atoms with E-state index in [0.29, 0.717) is 6.54 Å². The summed E-state index contributed by atoms with van der Waals surface area (Å²) in [6.45, 7) is 3.20. The standard InChI is InChI=1S/C8H16N4O/c1-7(13)5-9-4-3-8-11-10-6-12(8)2/h6-7,9,13H,3-5H2,1-2H3/t7-/m1/s1. The Balaban J connectivity index is 2.17. The van der Waals surface area contributed by atoms with Gasteiger partial charge in [-0.1, -0.05) is 0 Å². The fourth-order valence-electron chi connectivity index (χ4n) is 1.04. The molecular formula is C8H16N4O. The molecule has 0 aliphatic heterocycles. The van der Waals surface area contributed by atoms with Gasteiger partial charge >= 0.3 is 0 Å². The van der Waals surface area contributed by atoms with Crippen molar-refractivity contribution in [2.45, 2.75) is 19.4 Å². The summed E-state index contributed by atoms with van der Waals surface area (Å²) >= 11 is 0. The molecule has 0 amide bonds. The van der Waals surface area contributed by atoms with Gasteiger partial charge in [-0.3, -0.25) is 0 Å². The lowest BCUT2D eigenvalue weighted by Crippen LogP contribution is -2.26. The third kappa shape index (κ3) is 3.52.